The molecule has 0 unspecified atom stereocenters. The van der Waals surface area contributed by atoms with Crippen molar-refractivity contribution in [1.82, 2.24) is 16.2 Å². The molecular weight excluding hydrogens is 374 g/mol. The van der Waals surface area contributed by atoms with Crippen LogP contribution in [0.25, 0.3) is 0 Å². The molecule has 152 valence electrons. The summed E-state index contributed by atoms with van der Waals surface area (Å²) < 4.78 is 5.04. The van der Waals surface area contributed by atoms with Gasteiger partial charge < -0.3 is 9.73 Å². The van der Waals surface area contributed by atoms with Gasteiger partial charge in [-0.3, -0.25) is 30.0 Å². The topological polar surface area (TPSA) is 118 Å². The van der Waals surface area contributed by atoms with Gasteiger partial charge in [-0.25, -0.2) is 0 Å². The van der Waals surface area contributed by atoms with Gasteiger partial charge in [-0.15, -0.1) is 0 Å². The molecule has 3 rings (SSSR count). The molecule has 1 aromatic carbocycles. The Bertz CT molecular complexity index is 905. The number of carbonyl (C=O) groups is 4. The zero-order valence-electron chi connectivity index (χ0n) is 16.0. The van der Waals surface area contributed by atoms with E-state index in [1.807, 2.05) is 17.6 Å². The SMILES string of the molecule is O=C(CCC(=O)c1ccc2c(c1)CCCC2)NNC(=O)C(=O)NCc1ccco1. The zero-order valence-corrected chi connectivity index (χ0v) is 16.0. The quantitative estimate of drug-likeness (QED) is 0.389. The molecule has 0 spiro atoms. The van der Waals surface area contributed by atoms with E-state index >= 15 is 0 Å². The first-order valence-electron chi connectivity index (χ1n) is 9.57. The summed E-state index contributed by atoms with van der Waals surface area (Å²) in [6.45, 7) is 0.0580. The first-order valence-corrected chi connectivity index (χ1v) is 9.57. The van der Waals surface area contributed by atoms with Gasteiger partial charge in [0.15, 0.2) is 5.78 Å². The Labute approximate surface area is 168 Å². The van der Waals surface area contributed by atoms with Crippen molar-refractivity contribution in [2.45, 2.75) is 45.1 Å². The molecule has 0 saturated carbocycles. The molecule has 8 nitrogen and oxygen atoms in total. The molecule has 0 saturated heterocycles. The van der Waals surface area contributed by atoms with Gasteiger partial charge in [0.1, 0.15) is 5.76 Å². The van der Waals surface area contributed by atoms with Gasteiger partial charge in [0.25, 0.3) is 0 Å². The maximum atomic E-state index is 12.3. The second-order valence-electron chi connectivity index (χ2n) is 6.88. The lowest BCUT2D eigenvalue weighted by Gasteiger charge is -2.16. The van der Waals surface area contributed by atoms with Crippen LogP contribution < -0.4 is 16.2 Å². The number of ketones is 1. The number of hydrogen-bond acceptors (Lipinski definition) is 5. The maximum absolute atomic E-state index is 12.3. The lowest BCUT2D eigenvalue weighted by atomic mass is 9.89. The molecule has 3 N–H and O–H groups in total. The van der Waals surface area contributed by atoms with E-state index in [1.54, 1.807) is 18.2 Å². The van der Waals surface area contributed by atoms with E-state index in [-0.39, 0.29) is 25.2 Å². The number of rotatable bonds is 6. The summed E-state index contributed by atoms with van der Waals surface area (Å²) >= 11 is 0. The number of Topliss-reactive ketones (excluding diaryl/α,β-unsaturated/α-hetero) is 1. The van der Waals surface area contributed by atoms with Crippen LogP contribution in [0.3, 0.4) is 0 Å². The van der Waals surface area contributed by atoms with Gasteiger partial charge in [0.05, 0.1) is 12.8 Å². The third-order valence-corrected chi connectivity index (χ3v) is 4.77. The lowest BCUT2D eigenvalue weighted by Crippen LogP contribution is -2.48. The Hall–Kier alpha value is -3.42. The van der Waals surface area contributed by atoms with Crippen LogP contribution in [0.1, 0.15) is 52.9 Å². The van der Waals surface area contributed by atoms with Gasteiger partial charge in [0.2, 0.25) is 5.91 Å². The second-order valence-corrected chi connectivity index (χ2v) is 6.88. The molecule has 1 heterocycles. The summed E-state index contributed by atoms with van der Waals surface area (Å²) in [6, 6.07) is 9.02. The van der Waals surface area contributed by atoms with Crippen molar-refractivity contribution in [2.24, 2.45) is 0 Å². The lowest BCUT2D eigenvalue weighted by molar-refractivity contribution is -0.141. The number of carbonyl (C=O) groups excluding carboxylic acids is 4. The smallest absolute Gasteiger partial charge is 0.327 e. The minimum Gasteiger partial charge on any atom is -0.467 e. The van der Waals surface area contributed by atoms with Crippen molar-refractivity contribution in [3.05, 3.63) is 59.0 Å². The average Bonchev–Trinajstić information content (AvgIpc) is 3.27. The van der Waals surface area contributed by atoms with E-state index < -0.39 is 17.7 Å². The van der Waals surface area contributed by atoms with Crippen molar-refractivity contribution in [1.29, 1.82) is 0 Å². The summed E-state index contributed by atoms with van der Waals surface area (Å²) in [5.41, 5.74) is 7.26. The van der Waals surface area contributed by atoms with Gasteiger partial charge in [-0.1, -0.05) is 12.1 Å². The highest BCUT2D eigenvalue weighted by molar-refractivity contribution is 6.35. The summed E-state index contributed by atoms with van der Waals surface area (Å²) in [6.07, 6.45) is 5.70. The molecule has 3 amide bonds. The van der Waals surface area contributed by atoms with Crippen LogP contribution in [-0.4, -0.2) is 23.5 Å². The first kappa shape index (κ1) is 20.3. The summed E-state index contributed by atoms with van der Waals surface area (Å²) in [7, 11) is 0. The van der Waals surface area contributed by atoms with Gasteiger partial charge in [0, 0.05) is 18.4 Å². The number of fused-ring (bicyclic) bond motifs is 1. The number of nitrogens with one attached hydrogen (secondary N) is 3. The minimum absolute atomic E-state index is 0.0190. The van der Waals surface area contributed by atoms with Gasteiger partial charge in [-0.2, -0.15) is 0 Å². The highest BCUT2D eigenvalue weighted by Crippen LogP contribution is 2.22. The van der Waals surface area contributed by atoms with E-state index in [1.165, 1.54) is 23.8 Å². The molecule has 1 aliphatic carbocycles. The van der Waals surface area contributed by atoms with E-state index in [9.17, 15) is 19.2 Å². The monoisotopic (exact) mass is 397 g/mol. The van der Waals surface area contributed by atoms with Crippen molar-refractivity contribution < 1.29 is 23.6 Å². The number of amides is 3. The molecule has 2 aromatic rings. The first-order chi connectivity index (χ1) is 14.0. The van der Waals surface area contributed by atoms with Crippen molar-refractivity contribution in [3.8, 4) is 0 Å². The minimum atomic E-state index is -1.01. The van der Waals surface area contributed by atoms with Crippen LogP contribution in [0.5, 0.6) is 0 Å². The Morgan fingerprint density at radius 2 is 1.69 bits per heavy atom. The summed E-state index contributed by atoms with van der Waals surface area (Å²) in [4.78, 5) is 47.5. The fraction of sp³-hybridized carbons (Fsp3) is 0.333. The van der Waals surface area contributed by atoms with Crippen molar-refractivity contribution in [2.75, 3.05) is 0 Å². The molecule has 1 aromatic heterocycles. The predicted molar refractivity (Wildman–Crippen MR) is 103 cm³/mol. The number of aryl methyl sites for hydroxylation is 2. The van der Waals surface area contributed by atoms with Crippen molar-refractivity contribution >= 4 is 23.5 Å². The Morgan fingerprint density at radius 3 is 2.45 bits per heavy atom. The number of hydrazine groups is 1. The zero-order chi connectivity index (χ0) is 20.6. The molecule has 0 atom stereocenters. The number of hydrogen-bond donors (Lipinski definition) is 3. The van der Waals surface area contributed by atoms with Crippen LogP contribution in [0.4, 0.5) is 0 Å². The van der Waals surface area contributed by atoms with Gasteiger partial charge in [-0.05, 0) is 55.0 Å². The van der Waals surface area contributed by atoms with Crippen LogP contribution in [0.2, 0.25) is 0 Å². The fourth-order valence-electron chi connectivity index (χ4n) is 3.18. The highest BCUT2D eigenvalue weighted by atomic mass is 16.3. The van der Waals surface area contributed by atoms with E-state index in [4.69, 9.17) is 4.42 Å². The third kappa shape index (κ3) is 5.78. The fourth-order valence-corrected chi connectivity index (χ4v) is 3.18. The molecule has 8 heteroatoms. The van der Waals surface area contributed by atoms with Crippen molar-refractivity contribution in [3.63, 3.8) is 0 Å². The van der Waals surface area contributed by atoms with Crippen LogP contribution >= 0.6 is 0 Å². The average molecular weight is 397 g/mol. The van der Waals surface area contributed by atoms with Crippen LogP contribution in [-0.2, 0) is 33.8 Å². The van der Waals surface area contributed by atoms with Crippen LogP contribution in [0, 0.1) is 0 Å². The van der Waals surface area contributed by atoms with Crippen LogP contribution in [0.15, 0.2) is 41.0 Å². The second kappa shape index (κ2) is 9.68. The highest BCUT2D eigenvalue weighted by Gasteiger charge is 2.16. The number of furan rings is 1. The third-order valence-electron chi connectivity index (χ3n) is 4.77. The predicted octanol–water partition coefficient (Wildman–Crippen LogP) is 1.59. The molecule has 0 radical (unpaired) electrons. The normalized spacial score (nSPS) is 12.6. The van der Waals surface area contributed by atoms with E-state index in [0.717, 1.165) is 19.3 Å². The standard InChI is InChI=1S/C21H23N3O5/c25-18(16-8-7-14-4-1-2-5-15(14)12-16)9-10-19(26)23-24-21(28)20(27)22-13-17-6-3-11-29-17/h3,6-8,11-12H,1-2,4-5,9-10,13H2,(H,22,27)(H,23,26)(H,24,28). The van der Waals surface area contributed by atoms with E-state index in [2.05, 4.69) is 10.7 Å². The molecule has 0 fully saturated rings. The summed E-state index contributed by atoms with van der Waals surface area (Å²) in [5.74, 6) is -2.10. The largest absolute Gasteiger partial charge is 0.467 e. The van der Waals surface area contributed by atoms with Gasteiger partial charge >= 0.3 is 11.8 Å². The molecule has 1 aliphatic rings. The molecule has 0 bridgehead atoms. The summed E-state index contributed by atoms with van der Waals surface area (Å²) in [5, 5.41) is 2.36. The Morgan fingerprint density at radius 1 is 0.897 bits per heavy atom. The maximum Gasteiger partial charge on any atom is 0.327 e. The Kier molecular flexibility index (Phi) is 6.78. The molecule has 29 heavy (non-hydrogen) atoms. The number of benzene rings is 1. The molecular formula is C21H23N3O5. The molecule has 0 aliphatic heterocycles. The van der Waals surface area contributed by atoms with E-state index in [0.29, 0.717) is 11.3 Å². The Balaban J connectivity index is 1.38.